The normalized spacial score (nSPS) is 14.6. The van der Waals surface area contributed by atoms with Crippen molar-refractivity contribution in [3.63, 3.8) is 0 Å². The van der Waals surface area contributed by atoms with Crippen LogP contribution in [0.4, 0.5) is 24.7 Å². The van der Waals surface area contributed by atoms with Crippen molar-refractivity contribution < 1.29 is 22.8 Å². The lowest BCUT2D eigenvalue weighted by atomic mass is 10.1. The zero-order valence-corrected chi connectivity index (χ0v) is 19.3. The maximum absolute atomic E-state index is 13.4. The highest BCUT2D eigenvalue weighted by atomic mass is 32.1. The van der Waals surface area contributed by atoms with E-state index in [9.17, 15) is 22.8 Å². The van der Waals surface area contributed by atoms with Gasteiger partial charge in [-0.15, -0.1) is 11.3 Å². The Bertz CT molecular complexity index is 1150. The lowest BCUT2D eigenvalue weighted by Gasteiger charge is -2.25. The second-order valence-electron chi connectivity index (χ2n) is 7.89. The van der Waals surface area contributed by atoms with Gasteiger partial charge in [0.2, 0.25) is 0 Å². The number of thiophene rings is 1. The van der Waals surface area contributed by atoms with Crippen molar-refractivity contribution in [2.45, 2.75) is 12.6 Å². The third kappa shape index (κ3) is 5.06. The third-order valence-electron chi connectivity index (χ3n) is 5.71. The first-order chi connectivity index (χ1) is 16.3. The van der Waals surface area contributed by atoms with Crippen molar-refractivity contribution in [3.05, 3.63) is 76.1 Å². The van der Waals surface area contributed by atoms with Crippen LogP contribution >= 0.6 is 11.3 Å². The lowest BCUT2D eigenvalue weighted by Crippen LogP contribution is -2.36. The Labute approximate surface area is 199 Å². The van der Waals surface area contributed by atoms with E-state index in [0.29, 0.717) is 54.5 Å². The summed E-state index contributed by atoms with van der Waals surface area (Å²) in [5, 5.41) is 1.83. The molecule has 2 amide bonds. The van der Waals surface area contributed by atoms with E-state index in [1.165, 1.54) is 22.3 Å². The molecular formula is C24H23F3N4O2S. The van der Waals surface area contributed by atoms with E-state index in [1.54, 1.807) is 48.3 Å². The topological polar surface area (TPSA) is 56.8 Å². The molecule has 6 nitrogen and oxygen atoms in total. The van der Waals surface area contributed by atoms with Crippen LogP contribution in [0.1, 0.15) is 32.0 Å². The minimum atomic E-state index is -4.43. The number of pyridine rings is 1. The van der Waals surface area contributed by atoms with Crippen LogP contribution in [0.15, 0.2) is 60.1 Å². The zero-order chi connectivity index (χ0) is 24.3. The molecule has 0 bridgehead atoms. The molecule has 0 unspecified atom stereocenters. The molecule has 0 saturated carbocycles. The fraction of sp³-hybridized carbons (Fsp3) is 0.292. The molecule has 1 saturated heterocycles. The fourth-order valence-corrected chi connectivity index (χ4v) is 4.58. The van der Waals surface area contributed by atoms with Crippen LogP contribution in [0.3, 0.4) is 0 Å². The number of rotatable bonds is 4. The van der Waals surface area contributed by atoms with Gasteiger partial charge < -0.3 is 14.7 Å². The predicted molar refractivity (Wildman–Crippen MR) is 125 cm³/mol. The number of nitrogens with zero attached hydrogens (tertiary/aromatic N) is 4. The smallest absolute Gasteiger partial charge is 0.355 e. The van der Waals surface area contributed by atoms with Gasteiger partial charge in [0.05, 0.1) is 21.7 Å². The number of halogens is 3. The van der Waals surface area contributed by atoms with Gasteiger partial charge in [-0.2, -0.15) is 13.2 Å². The first-order valence-corrected chi connectivity index (χ1v) is 11.6. The van der Waals surface area contributed by atoms with Crippen molar-refractivity contribution in [1.82, 2.24) is 9.88 Å². The number of anilines is 2. The first kappa shape index (κ1) is 23.7. The maximum atomic E-state index is 13.4. The van der Waals surface area contributed by atoms with Gasteiger partial charge in [-0.25, -0.2) is 4.98 Å². The van der Waals surface area contributed by atoms with Crippen LogP contribution in [-0.2, 0) is 6.18 Å². The van der Waals surface area contributed by atoms with E-state index in [-0.39, 0.29) is 11.8 Å². The minimum Gasteiger partial charge on any atom is -0.355 e. The van der Waals surface area contributed by atoms with Gasteiger partial charge in [0.15, 0.2) is 0 Å². The zero-order valence-electron chi connectivity index (χ0n) is 18.5. The van der Waals surface area contributed by atoms with Crippen LogP contribution in [0, 0.1) is 0 Å². The number of alkyl halides is 3. The van der Waals surface area contributed by atoms with E-state index in [1.807, 2.05) is 10.3 Å². The molecule has 0 spiro atoms. The molecule has 2 aromatic heterocycles. The summed E-state index contributed by atoms with van der Waals surface area (Å²) < 4.78 is 38.5. The van der Waals surface area contributed by atoms with E-state index in [2.05, 4.69) is 4.98 Å². The van der Waals surface area contributed by atoms with E-state index < -0.39 is 11.7 Å². The standard InChI is InChI=1S/C24H23F3N4O2S/c1-29(23(33)20-8-4-15-34-20)19-7-3-2-6-18(19)22(32)31-12-5-11-30(13-14-31)21-10-9-17(16-28-21)24(25,26)27/h2-4,6-10,15-16H,5,11-14H2,1H3. The summed E-state index contributed by atoms with van der Waals surface area (Å²) >= 11 is 1.34. The molecule has 1 aliphatic heterocycles. The van der Waals surface area contributed by atoms with Crippen LogP contribution in [0.5, 0.6) is 0 Å². The van der Waals surface area contributed by atoms with Crippen LogP contribution in [0.2, 0.25) is 0 Å². The Morgan fingerprint density at radius 1 is 1.00 bits per heavy atom. The number of hydrogen-bond donors (Lipinski definition) is 0. The highest BCUT2D eigenvalue weighted by Gasteiger charge is 2.31. The summed E-state index contributed by atoms with van der Waals surface area (Å²) in [6.45, 7) is 1.89. The molecule has 0 atom stereocenters. The molecule has 0 radical (unpaired) electrons. The Balaban J connectivity index is 1.48. The summed E-state index contributed by atoms with van der Waals surface area (Å²) in [6, 6.07) is 12.9. The molecule has 34 heavy (non-hydrogen) atoms. The Morgan fingerprint density at radius 3 is 2.47 bits per heavy atom. The average Bonchev–Trinajstić information content (AvgIpc) is 3.27. The van der Waals surface area contributed by atoms with E-state index in [4.69, 9.17) is 0 Å². The van der Waals surface area contributed by atoms with E-state index in [0.717, 1.165) is 12.3 Å². The summed E-state index contributed by atoms with van der Waals surface area (Å²) in [5.74, 6) is 0.0679. The van der Waals surface area contributed by atoms with Crippen molar-refractivity contribution in [3.8, 4) is 0 Å². The van der Waals surface area contributed by atoms with Gasteiger partial charge in [0, 0.05) is 39.4 Å². The van der Waals surface area contributed by atoms with Gasteiger partial charge in [0.1, 0.15) is 5.82 Å². The van der Waals surface area contributed by atoms with Crippen molar-refractivity contribution in [2.24, 2.45) is 0 Å². The number of para-hydroxylation sites is 1. The van der Waals surface area contributed by atoms with Crippen molar-refractivity contribution >= 4 is 34.7 Å². The number of benzene rings is 1. The first-order valence-electron chi connectivity index (χ1n) is 10.7. The quantitative estimate of drug-likeness (QED) is 0.530. The number of carbonyl (C=O) groups is 2. The molecule has 3 aromatic rings. The number of carbonyl (C=O) groups excluding carboxylic acids is 2. The third-order valence-corrected chi connectivity index (χ3v) is 6.57. The molecule has 1 aliphatic rings. The SMILES string of the molecule is CN(C(=O)c1cccs1)c1ccccc1C(=O)N1CCCN(c2ccc(C(F)(F)F)cn2)CC1. The number of hydrogen-bond acceptors (Lipinski definition) is 5. The Hall–Kier alpha value is -3.40. The van der Waals surface area contributed by atoms with Gasteiger partial charge in [-0.05, 0) is 42.1 Å². The molecule has 0 aliphatic carbocycles. The summed E-state index contributed by atoms with van der Waals surface area (Å²) in [6.07, 6.45) is -2.96. The Morgan fingerprint density at radius 2 is 1.79 bits per heavy atom. The van der Waals surface area contributed by atoms with Crippen molar-refractivity contribution in [1.29, 1.82) is 0 Å². The molecule has 1 fully saturated rings. The molecular weight excluding hydrogens is 465 g/mol. The molecule has 4 rings (SSSR count). The van der Waals surface area contributed by atoms with Crippen LogP contribution in [0.25, 0.3) is 0 Å². The van der Waals surface area contributed by atoms with Crippen molar-refractivity contribution in [2.75, 3.05) is 43.0 Å². The fourth-order valence-electron chi connectivity index (χ4n) is 3.88. The summed E-state index contributed by atoms with van der Waals surface area (Å²) in [4.78, 5) is 35.9. The monoisotopic (exact) mass is 488 g/mol. The molecule has 178 valence electrons. The average molecular weight is 489 g/mol. The predicted octanol–water partition coefficient (Wildman–Crippen LogP) is 4.79. The van der Waals surface area contributed by atoms with Gasteiger partial charge in [-0.3, -0.25) is 9.59 Å². The van der Waals surface area contributed by atoms with Crippen LogP contribution in [-0.4, -0.2) is 54.9 Å². The number of aromatic nitrogens is 1. The summed E-state index contributed by atoms with van der Waals surface area (Å²) in [7, 11) is 1.65. The van der Waals surface area contributed by atoms with Gasteiger partial charge in [-0.1, -0.05) is 18.2 Å². The largest absolute Gasteiger partial charge is 0.417 e. The summed E-state index contributed by atoms with van der Waals surface area (Å²) in [5.41, 5.74) is 0.160. The second-order valence-corrected chi connectivity index (χ2v) is 8.84. The molecule has 10 heteroatoms. The van der Waals surface area contributed by atoms with Gasteiger partial charge >= 0.3 is 6.18 Å². The molecule has 1 aromatic carbocycles. The van der Waals surface area contributed by atoms with E-state index >= 15 is 0 Å². The molecule has 3 heterocycles. The van der Waals surface area contributed by atoms with Crippen LogP contribution < -0.4 is 9.80 Å². The Kier molecular flexibility index (Phi) is 6.87. The second kappa shape index (κ2) is 9.84. The highest BCUT2D eigenvalue weighted by molar-refractivity contribution is 7.12. The van der Waals surface area contributed by atoms with Gasteiger partial charge in [0.25, 0.3) is 11.8 Å². The molecule has 0 N–H and O–H groups in total. The maximum Gasteiger partial charge on any atom is 0.417 e. The lowest BCUT2D eigenvalue weighted by molar-refractivity contribution is -0.137. The highest BCUT2D eigenvalue weighted by Crippen LogP contribution is 2.30. The minimum absolute atomic E-state index is 0.189. The number of amides is 2.